The summed E-state index contributed by atoms with van der Waals surface area (Å²) in [4.78, 5) is 0. The van der Waals surface area contributed by atoms with Gasteiger partial charge in [-0.1, -0.05) is 31.5 Å². The van der Waals surface area contributed by atoms with Gasteiger partial charge in [0.2, 0.25) is 0 Å². The number of anilines is 1. The topological polar surface area (TPSA) is 43.8 Å². The van der Waals surface area contributed by atoms with E-state index in [-0.39, 0.29) is 0 Å². The van der Waals surface area contributed by atoms with Crippen LogP contribution in [0.15, 0.2) is 30.3 Å². The summed E-state index contributed by atoms with van der Waals surface area (Å²) in [5.41, 5.74) is 9.34. The third-order valence-corrected chi connectivity index (χ3v) is 2.92. The van der Waals surface area contributed by atoms with E-state index in [4.69, 9.17) is 5.73 Å². The molecule has 90 valence electrons. The van der Waals surface area contributed by atoms with Crippen molar-refractivity contribution < 1.29 is 0 Å². The minimum absolute atomic E-state index is 0.713. The zero-order valence-electron chi connectivity index (χ0n) is 10.5. The maximum Gasteiger partial charge on any atom is 0.127 e. The van der Waals surface area contributed by atoms with E-state index in [9.17, 15) is 0 Å². The summed E-state index contributed by atoms with van der Waals surface area (Å²) in [6.07, 6.45) is 3.33. The van der Waals surface area contributed by atoms with Crippen molar-refractivity contribution >= 4 is 5.82 Å². The number of unbranched alkanes of at least 4 members (excludes halogenated alkanes) is 1. The Kier molecular flexibility index (Phi) is 3.47. The molecule has 0 amide bonds. The second-order valence-corrected chi connectivity index (χ2v) is 4.36. The highest BCUT2D eigenvalue weighted by Gasteiger charge is 2.08. The monoisotopic (exact) mass is 229 g/mol. The molecule has 1 heterocycles. The number of hydrogen-bond donors (Lipinski definition) is 1. The predicted molar refractivity (Wildman–Crippen MR) is 71.3 cm³/mol. The Bertz CT molecular complexity index is 500. The number of nitrogen functional groups attached to an aromatic ring is 1. The van der Waals surface area contributed by atoms with Crippen molar-refractivity contribution in [1.29, 1.82) is 0 Å². The molecule has 0 aliphatic heterocycles. The molecule has 0 fully saturated rings. The number of hydrogen-bond acceptors (Lipinski definition) is 2. The highest BCUT2D eigenvalue weighted by molar-refractivity contribution is 5.47. The molecule has 2 N–H and O–H groups in total. The lowest BCUT2D eigenvalue weighted by molar-refractivity contribution is 0.752. The molecule has 1 aromatic carbocycles. The summed E-state index contributed by atoms with van der Waals surface area (Å²) >= 11 is 0. The first-order valence-electron chi connectivity index (χ1n) is 6.12. The molecule has 0 aliphatic rings. The van der Waals surface area contributed by atoms with E-state index in [0.717, 1.165) is 24.2 Å². The van der Waals surface area contributed by atoms with Gasteiger partial charge < -0.3 is 5.73 Å². The number of para-hydroxylation sites is 1. The molecule has 0 unspecified atom stereocenters. The first-order chi connectivity index (χ1) is 8.22. The van der Waals surface area contributed by atoms with Gasteiger partial charge >= 0.3 is 0 Å². The largest absolute Gasteiger partial charge is 0.384 e. The molecule has 2 rings (SSSR count). The third-order valence-electron chi connectivity index (χ3n) is 2.92. The standard InChI is InChI=1S/C14H19N3/c1-3-4-8-12-10-14(15)17(16-12)13-9-6-5-7-11(13)2/h5-7,9-10H,3-4,8,15H2,1-2H3. The van der Waals surface area contributed by atoms with E-state index >= 15 is 0 Å². The number of nitrogens with zero attached hydrogens (tertiary/aromatic N) is 2. The van der Waals surface area contributed by atoms with Crippen LogP contribution in [-0.4, -0.2) is 9.78 Å². The van der Waals surface area contributed by atoms with Crippen LogP contribution in [0.25, 0.3) is 5.69 Å². The average Bonchev–Trinajstić information content (AvgIpc) is 2.68. The molecular weight excluding hydrogens is 210 g/mol. The van der Waals surface area contributed by atoms with Crippen LogP contribution in [-0.2, 0) is 6.42 Å². The van der Waals surface area contributed by atoms with Crippen LogP contribution in [0.5, 0.6) is 0 Å². The van der Waals surface area contributed by atoms with E-state index in [1.165, 1.54) is 12.0 Å². The SMILES string of the molecule is CCCCc1cc(N)n(-c2ccccc2C)n1. The van der Waals surface area contributed by atoms with Crippen LogP contribution < -0.4 is 5.73 Å². The van der Waals surface area contributed by atoms with Crippen LogP contribution >= 0.6 is 0 Å². The van der Waals surface area contributed by atoms with Gasteiger partial charge in [0.1, 0.15) is 5.82 Å². The normalized spacial score (nSPS) is 10.7. The molecule has 0 saturated heterocycles. The molecule has 17 heavy (non-hydrogen) atoms. The lowest BCUT2D eigenvalue weighted by Crippen LogP contribution is -2.03. The highest BCUT2D eigenvalue weighted by Crippen LogP contribution is 2.18. The van der Waals surface area contributed by atoms with Gasteiger partial charge in [-0.2, -0.15) is 5.10 Å². The Balaban J connectivity index is 2.33. The number of nitrogens with two attached hydrogens (primary N) is 1. The fourth-order valence-electron chi connectivity index (χ4n) is 1.92. The van der Waals surface area contributed by atoms with Gasteiger partial charge in [0.05, 0.1) is 11.4 Å². The first-order valence-corrected chi connectivity index (χ1v) is 6.12. The molecule has 0 spiro atoms. The fourth-order valence-corrected chi connectivity index (χ4v) is 1.92. The Morgan fingerprint density at radius 3 is 2.76 bits per heavy atom. The van der Waals surface area contributed by atoms with Crippen molar-refractivity contribution in [2.75, 3.05) is 5.73 Å². The van der Waals surface area contributed by atoms with Crippen LogP contribution in [0, 0.1) is 6.92 Å². The predicted octanol–water partition coefficient (Wildman–Crippen LogP) is 3.11. The smallest absolute Gasteiger partial charge is 0.127 e. The molecule has 0 saturated carbocycles. The van der Waals surface area contributed by atoms with Crippen molar-refractivity contribution in [3.05, 3.63) is 41.6 Å². The third kappa shape index (κ3) is 2.49. The van der Waals surface area contributed by atoms with Gasteiger partial charge in [0, 0.05) is 6.07 Å². The van der Waals surface area contributed by atoms with E-state index in [1.807, 2.05) is 28.9 Å². The van der Waals surface area contributed by atoms with Crippen molar-refractivity contribution in [1.82, 2.24) is 9.78 Å². The van der Waals surface area contributed by atoms with Gasteiger partial charge in [0.15, 0.2) is 0 Å². The van der Waals surface area contributed by atoms with E-state index in [2.05, 4.69) is 25.0 Å². The van der Waals surface area contributed by atoms with E-state index in [0.29, 0.717) is 5.82 Å². The van der Waals surface area contributed by atoms with E-state index in [1.54, 1.807) is 0 Å². The molecule has 1 aromatic heterocycles. The van der Waals surface area contributed by atoms with Crippen molar-refractivity contribution in [2.45, 2.75) is 33.1 Å². The summed E-state index contributed by atoms with van der Waals surface area (Å²) in [5, 5.41) is 4.57. The van der Waals surface area contributed by atoms with Gasteiger partial charge in [-0.05, 0) is 31.4 Å². The molecule has 3 heteroatoms. The van der Waals surface area contributed by atoms with Crippen LogP contribution in [0.3, 0.4) is 0 Å². The summed E-state index contributed by atoms with van der Waals surface area (Å²) in [6.45, 7) is 4.25. The van der Waals surface area contributed by atoms with Gasteiger partial charge in [-0.25, -0.2) is 4.68 Å². The lowest BCUT2D eigenvalue weighted by atomic mass is 10.2. The second kappa shape index (κ2) is 5.04. The summed E-state index contributed by atoms with van der Waals surface area (Å²) in [7, 11) is 0. The molecule has 0 bridgehead atoms. The molecular formula is C14H19N3. The van der Waals surface area contributed by atoms with Gasteiger partial charge in [-0.15, -0.1) is 0 Å². The van der Waals surface area contributed by atoms with Crippen molar-refractivity contribution in [2.24, 2.45) is 0 Å². The van der Waals surface area contributed by atoms with Crippen LogP contribution in [0.2, 0.25) is 0 Å². The molecule has 0 aliphatic carbocycles. The quantitative estimate of drug-likeness (QED) is 0.875. The fraction of sp³-hybridized carbons (Fsp3) is 0.357. The minimum atomic E-state index is 0.713. The Morgan fingerprint density at radius 2 is 2.06 bits per heavy atom. The van der Waals surface area contributed by atoms with Gasteiger partial charge in [0.25, 0.3) is 0 Å². The van der Waals surface area contributed by atoms with E-state index < -0.39 is 0 Å². The average molecular weight is 229 g/mol. The lowest BCUT2D eigenvalue weighted by Gasteiger charge is -2.06. The van der Waals surface area contributed by atoms with Gasteiger partial charge in [-0.3, -0.25) is 0 Å². The Labute approximate surface area is 102 Å². The number of aromatic nitrogens is 2. The number of aryl methyl sites for hydroxylation is 2. The number of benzene rings is 1. The Hall–Kier alpha value is -1.77. The second-order valence-electron chi connectivity index (χ2n) is 4.36. The molecule has 0 radical (unpaired) electrons. The molecule has 0 atom stereocenters. The van der Waals surface area contributed by atoms with Crippen molar-refractivity contribution in [3.8, 4) is 5.69 Å². The van der Waals surface area contributed by atoms with Crippen LogP contribution in [0.1, 0.15) is 31.0 Å². The zero-order chi connectivity index (χ0) is 12.3. The highest BCUT2D eigenvalue weighted by atomic mass is 15.3. The summed E-state index contributed by atoms with van der Waals surface area (Å²) < 4.78 is 1.83. The molecule has 2 aromatic rings. The summed E-state index contributed by atoms with van der Waals surface area (Å²) in [6, 6.07) is 10.1. The maximum absolute atomic E-state index is 6.01. The Morgan fingerprint density at radius 1 is 1.29 bits per heavy atom. The minimum Gasteiger partial charge on any atom is -0.384 e. The molecule has 3 nitrogen and oxygen atoms in total. The van der Waals surface area contributed by atoms with Crippen LogP contribution in [0.4, 0.5) is 5.82 Å². The maximum atomic E-state index is 6.01. The van der Waals surface area contributed by atoms with Crippen molar-refractivity contribution in [3.63, 3.8) is 0 Å². The number of rotatable bonds is 4. The first kappa shape index (κ1) is 11.7. The zero-order valence-corrected chi connectivity index (χ0v) is 10.5. The summed E-state index contributed by atoms with van der Waals surface area (Å²) in [5.74, 6) is 0.713.